The largest absolute Gasteiger partial charge is 0.438 e. The summed E-state index contributed by atoms with van der Waals surface area (Å²) in [5, 5.41) is 0. The lowest BCUT2D eigenvalue weighted by molar-refractivity contribution is -0.162. The number of esters is 2. The number of rotatable bonds is 0. The summed E-state index contributed by atoms with van der Waals surface area (Å²) in [5.74, 6) is -2.13. The second-order valence-corrected chi connectivity index (χ2v) is 12.7. The fourth-order valence-electron chi connectivity index (χ4n) is 8.38. The molecule has 3 fully saturated rings. The van der Waals surface area contributed by atoms with Gasteiger partial charge in [-0.2, -0.15) is 0 Å². The van der Waals surface area contributed by atoms with Crippen molar-refractivity contribution in [3.05, 3.63) is 59.7 Å². The van der Waals surface area contributed by atoms with E-state index in [9.17, 15) is 19.2 Å². The van der Waals surface area contributed by atoms with Crippen LogP contribution in [-0.2, 0) is 49.0 Å². The van der Waals surface area contributed by atoms with E-state index in [0.29, 0.717) is 11.4 Å². The highest BCUT2D eigenvalue weighted by atomic mass is 16.6. The first-order valence-corrected chi connectivity index (χ1v) is 15.8. The predicted octanol–water partition coefficient (Wildman–Crippen LogP) is 4.27. The van der Waals surface area contributed by atoms with E-state index in [2.05, 4.69) is 0 Å². The Morgan fingerprint density at radius 1 is 0.523 bits per heavy atom. The Morgan fingerprint density at radius 3 is 1.32 bits per heavy atom. The number of anilines is 2. The molecule has 2 amide bonds. The van der Waals surface area contributed by atoms with E-state index in [1.165, 1.54) is 9.80 Å². The topological polar surface area (TPSA) is 112 Å². The van der Waals surface area contributed by atoms with Crippen LogP contribution in [0.3, 0.4) is 0 Å². The monoisotopic (exact) mass is 602 g/mol. The van der Waals surface area contributed by atoms with Crippen LogP contribution >= 0.6 is 0 Å². The fourth-order valence-corrected chi connectivity index (χ4v) is 8.38. The zero-order valence-corrected chi connectivity index (χ0v) is 24.8. The molecule has 2 saturated carbocycles. The van der Waals surface area contributed by atoms with Gasteiger partial charge in [-0.15, -0.1) is 0 Å². The van der Waals surface area contributed by atoms with Crippen molar-refractivity contribution in [1.29, 1.82) is 0 Å². The molecule has 2 unspecified atom stereocenters. The summed E-state index contributed by atoms with van der Waals surface area (Å²) in [5.41, 5.74) is 2.19. The molecule has 2 aromatic carbocycles. The summed E-state index contributed by atoms with van der Waals surface area (Å²) < 4.78 is 23.5. The number of hydrogen-bond acceptors (Lipinski definition) is 8. The maximum absolute atomic E-state index is 13.8. The van der Waals surface area contributed by atoms with Gasteiger partial charge in [0.15, 0.2) is 12.5 Å². The van der Waals surface area contributed by atoms with E-state index in [1.54, 1.807) is 0 Å². The van der Waals surface area contributed by atoms with Crippen molar-refractivity contribution in [3.63, 3.8) is 0 Å². The summed E-state index contributed by atoms with van der Waals surface area (Å²) in [6, 6.07) is 15.3. The molecular weight excluding hydrogens is 564 g/mol. The Kier molecular flexibility index (Phi) is 7.66. The number of ether oxygens (including phenoxy) is 4. The van der Waals surface area contributed by atoms with Crippen LogP contribution in [0.1, 0.15) is 75.3 Å². The summed E-state index contributed by atoms with van der Waals surface area (Å²) in [6.45, 7) is -1.72. The summed E-state index contributed by atoms with van der Waals surface area (Å²) in [4.78, 5) is 57.2. The molecule has 10 nitrogen and oxygen atoms in total. The molecule has 2 atom stereocenters. The normalized spacial score (nSPS) is 26.9. The Bertz CT molecular complexity index is 1350. The molecule has 2 aliphatic carbocycles. The lowest BCUT2D eigenvalue weighted by Gasteiger charge is -2.40. The minimum absolute atomic E-state index is 0.400. The first kappa shape index (κ1) is 29.0. The van der Waals surface area contributed by atoms with Crippen molar-refractivity contribution in [1.82, 2.24) is 0 Å². The van der Waals surface area contributed by atoms with Gasteiger partial charge in [0.05, 0.1) is 22.2 Å². The number of nitrogens with zero attached hydrogens (tertiary/aromatic N) is 2. The molecule has 1 saturated heterocycles. The Balaban J connectivity index is 1.20. The second-order valence-electron chi connectivity index (χ2n) is 12.7. The first-order valence-electron chi connectivity index (χ1n) is 15.8. The van der Waals surface area contributed by atoms with Crippen molar-refractivity contribution in [2.24, 2.45) is 0 Å². The standard InChI is InChI=1S/C34H38N2O8/c37-27-19-41-22-30(40)44-32-34(17-9-2-10-18-34)24-12-4-6-14-26(24)36(32)28(38)20-42-21-29(39)43-31-33(15-7-1-8-16-33)23-11-3-5-13-25(23)35(27)31/h3-6,11-14,31-32H,1-2,7-10,15-22H2. The molecule has 10 heteroatoms. The number of carbonyl (C=O) groups excluding carboxylic acids is 4. The molecule has 3 aliphatic heterocycles. The number of amides is 2. The molecule has 0 aromatic heterocycles. The van der Waals surface area contributed by atoms with Crippen molar-refractivity contribution in [2.75, 3.05) is 36.2 Å². The highest BCUT2D eigenvalue weighted by Gasteiger charge is 2.57. The number of hydrogen-bond donors (Lipinski definition) is 0. The van der Waals surface area contributed by atoms with Gasteiger partial charge in [-0.05, 0) is 48.9 Å². The second kappa shape index (κ2) is 11.6. The van der Waals surface area contributed by atoms with Crippen LogP contribution in [0.25, 0.3) is 0 Å². The van der Waals surface area contributed by atoms with Gasteiger partial charge >= 0.3 is 11.9 Å². The molecule has 3 heterocycles. The van der Waals surface area contributed by atoms with Crippen molar-refractivity contribution in [2.45, 2.75) is 87.5 Å². The molecule has 0 bridgehead atoms. The van der Waals surface area contributed by atoms with E-state index < -0.39 is 73.5 Å². The zero-order chi connectivity index (χ0) is 30.3. The highest BCUT2D eigenvalue weighted by molar-refractivity contribution is 5.99. The van der Waals surface area contributed by atoms with E-state index >= 15 is 0 Å². The molecule has 2 aromatic rings. The molecule has 0 radical (unpaired) electrons. The van der Waals surface area contributed by atoms with Crippen molar-refractivity contribution >= 4 is 35.1 Å². The molecule has 232 valence electrons. The molecular formula is C34H38N2O8. The van der Waals surface area contributed by atoms with E-state index in [-0.39, 0.29) is 0 Å². The number of para-hydroxylation sites is 2. The third-order valence-electron chi connectivity index (χ3n) is 10.2. The Morgan fingerprint density at radius 2 is 0.909 bits per heavy atom. The fraction of sp³-hybridized carbons (Fsp3) is 0.529. The smallest absolute Gasteiger partial charge is 0.334 e. The Labute approximate surface area is 256 Å². The van der Waals surface area contributed by atoms with E-state index in [1.807, 2.05) is 48.5 Å². The molecule has 0 N–H and O–H groups in total. The van der Waals surface area contributed by atoms with Crippen LogP contribution in [-0.4, -0.2) is 62.6 Å². The average Bonchev–Trinajstić information content (AvgIpc) is 3.44. The molecule has 44 heavy (non-hydrogen) atoms. The van der Waals surface area contributed by atoms with Gasteiger partial charge in [-0.25, -0.2) is 9.59 Å². The third-order valence-corrected chi connectivity index (χ3v) is 10.2. The van der Waals surface area contributed by atoms with Gasteiger partial charge in [0.1, 0.15) is 26.4 Å². The van der Waals surface area contributed by atoms with Crippen LogP contribution in [0, 0.1) is 0 Å². The molecule has 5 aliphatic rings. The third kappa shape index (κ3) is 4.70. The molecule has 2 spiro atoms. The molecule has 7 rings (SSSR count). The quantitative estimate of drug-likeness (QED) is 0.411. The van der Waals surface area contributed by atoms with Gasteiger partial charge < -0.3 is 18.9 Å². The Hall–Kier alpha value is -3.76. The van der Waals surface area contributed by atoms with Gasteiger partial charge in [0.25, 0.3) is 11.8 Å². The summed E-state index contributed by atoms with van der Waals surface area (Å²) >= 11 is 0. The SMILES string of the molecule is O=C1COCC(=O)N2c3ccccc3C3(CCCCC3)C2OC(=O)COCC(=O)N2c3ccccc3C3(CCCCC3)C2O1. The van der Waals surface area contributed by atoms with Crippen LogP contribution in [0.5, 0.6) is 0 Å². The van der Waals surface area contributed by atoms with Crippen molar-refractivity contribution < 1.29 is 38.1 Å². The zero-order valence-electron chi connectivity index (χ0n) is 24.8. The van der Waals surface area contributed by atoms with E-state index in [0.717, 1.165) is 75.3 Å². The van der Waals surface area contributed by atoms with Gasteiger partial charge in [-0.3, -0.25) is 19.4 Å². The minimum atomic E-state index is -0.885. The van der Waals surface area contributed by atoms with Crippen molar-refractivity contribution in [3.8, 4) is 0 Å². The number of carbonyl (C=O) groups is 4. The van der Waals surface area contributed by atoms with Crippen LogP contribution in [0.15, 0.2) is 48.5 Å². The summed E-state index contributed by atoms with van der Waals surface area (Å²) in [7, 11) is 0. The van der Waals surface area contributed by atoms with Gasteiger partial charge in [-0.1, -0.05) is 74.9 Å². The average molecular weight is 603 g/mol. The number of benzene rings is 2. The lowest BCUT2D eigenvalue weighted by Crippen LogP contribution is -2.53. The minimum Gasteiger partial charge on any atom is -0.438 e. The maximum atomic E-state index is 13.8. The highest BCUT2D eigenvalue weighted by Crippen LogP contribution is 2.55. The first-order chi connectivity index (χ1) is 21.4. The van der Waals surface area contributed by atoms with Crippen LogP contribution in [0.4, 0.5) is 11.4 Å². The van der Waals surface area contributed by atoms with E-state index in [4.69, 9.17) is 18.9 Å². The van der Waals surface area contributed by atoms with Crippen LogP contribution in [0.2, 0.25) is 0 Å². The number of fused-ring (bicyclic) bond motifs is 10. The summed E-state index contributed by atoms with van der Waals surface area (Å²) in [6.07, 6.45) is 7.17. The van der Waals surface area contributed by atoms with Gasteiger partial charge in [0, 0.05) is 0 Å². The van der Waals surface area contributed by atoms with Crippen LogP contribution < -0.4 is 9.80 Å². The van der Waals surface area contributed by atoms with Gasteiger partial charge in [0.2, 0.25) is 0 Å². The maximum Gasteiger partial charge on any atom is 0.334 e. The predicted molar refractivity (Wildman–Crippen MR) is 159 cm³/mol. The lowest BCUT2D eigenvalue weighted by atomic mass is 9.69.